The number of aryl methyl sites for hydroxylation is 2. The minimum Gasteiger partial charge on any atom is -0.324 e. The lowest BCUT2D eigenvalue weighted by molar-refractivity contribution is 0.713. The molecule has 3 heteroatoms. The third-order valence-electron chi connectivity index (χ3n) is 4.00. The van der Waals surface area contributed by atoms with Gasteiger partial charge in [0.25, 0.3) is 0 Å². The average molecular weight is 255 g/mol. The number of fused-ring (bicyclic) bond motifs is 1. The molecule has 3 nitrogen and oxygen atoms in total. The summed E-state index contributed by atoms with van der Waals surface area (Å²) >= 11 is 0. The van der Waals surface area contributed by atoms with Crippen molar-refractivity contribution in [1.82, 2.24) is 9.78 Å². The number of nitrogens with two attached hydrogens (primary N) is 1. The number of hydrogen-bond donors (Lipinski definition) is 1. The van der Waals surface area contributed by atoms with Gasteiger partial charge in [-0.2, -0.15) is 5.10 Å². The summed E-state index contributed by atoms with van der Waals surface area (Å²) in [5, 5.41) is 4.61. The molecule has 0 spiro atoms. The number of hydrogen-bond acceptors (Lipinski definition) is 2. The molecular formula is C16H21N3. The van der Waals surface area contributed by atoms with Crippen LogP contribution in [-0.2, 0) is 19.9 Å². The topological polar surface area (TPSA) is 43.8 Å². The second kappa shape index (κ2) is 4.82. The second-order valence-electron chi connectivity index (χ2n) is 5.43. The van der Waals surface area contributed by atoms with Gasteiger partial charge >= 0.3 is 0 Å². The van der Waals surface area contributed by atoms with Gasteiger partial charge in [-0.3, -0.25) is 4.68 Å². The van der Waals surface area contributed by atoms with Crippen molar-refractivity contribution in [2.75, 3.05) is 0 Å². The van der Waals surface area contributed by atoms with Crippen LogP contribution in [0.25, 0.3) is 11.1 Å². The van der Waals surface area contributed by atoms with Gasteiger partial charge in [-0.05, 0) is 36.0 Å². The zero-order chi connectivity index (χ0) is 13.4. The summed E-state index contributed by atoms with van der Waals surface area (Å²) in [5.41, 5.74) is 12.8. The summed E-state index contributed by atoms with van der Waals surface area (Å²) < 4.78 is 1.93. The molecule has 0 saturated heterocycles. The van der Waals surface area contributed by atoms with Crippen LogP contribution in [0.15, 0.2) is 24.4 Å². The van der Waals surface area contributed by atoms with Gasteiger partial charge in [0.1, 0.15) is 0 Å². The minimum atomic E-state index is 0.209. The Hall–Kier alpha value is -1.61. The van der Waals surface area contributed by atoms with Gasteiger partial charge < -0.3 is 5.73 Å². The molecular weight excluding hydrogens is 234 g/mol. The minimum absolute atomic E-state index is 0.209. The molecule has 0 aliphatic heterocycles. The summed E-state index contributed by atoms with van der Waals surface area (Å²) in [5.74, 6) is 0. The normalized spacial score (nSPS) is 17.7. The van der Waals surface area contributed by atoms with Crippen molar-refractivity contribution in [3.05, 3.63) is 41.2 Å². The van der Waals surface area contributed by atoms with Crippen LogP contribution in [0, 0.1) is 0 Å². The predicted octanol–water partition coefficient (Wildman–Crippen LogP) is 2.99. The lowest BCUT2D eigenvalue weighted by Crippen LogP contribution is -2.05. The molecule has 19 heavy (non-hydrogen) atoms. The van der Waals surface area contributed by atoms with Gasteiger partial charge in [0.2, 0.25) is 0 Å². The first-order valence-corrected chi connectivity index (χ1v) is 7.11. The summed E-state index contributed by atoms with van der Waals surface area (Å²) in [6.07, 6.45) is 6.46. The summed E-state index contributed by atoms with van der Waals surface area (Å²) in [4.78, 5) is 0. The van der Waals surface area contributed by atoms with E-state index in [4.69, 9.17) is 5.73 Å². The van der Waals surface area contributed by atoms with Crippen LogP contribution >= 0.6 is 0 Å². The molecule has 1 unspecified atom stereocenters. The maximum absolute atomic E-state index is 6.17. The third kappa shape index (κ3) is 2.08. The first kappa shape index (κ1) is 12.4. The molecule has 1 aromatic heterocycles. The fourth-order valence-electron chi connectivity index (χ4n) is 3.12. The SMILES string of the molecule is CCCc1nn(C)cc1-c1cccc2c1CCC2N. The first-order chi connectivity index (χ1) is 9.20. The quantitative estimate of drug-likeness (QED) is 0.916. The van der Waals surface area contributed by atoms with E-state index in [2.05, 4.69) is 36.4 Å². The van der Waals surface area contributed by atoms with Crippen molar-refractivity contribution in [1.29, 1.82) is 0 Å². The van der Waals surface area contributed by atoms with Crippen molar-refractivity contribution >= 4 is 0 Å². The highest BCUT2D eigenvalue weighted by atomic mass is 15.2. The Labute approximate surface area is 114 Å². The van der Waals surface area contributed by atoms with Gasteiger partial charge in [0, 0.05) is 24.8 Å². The molecule has 0 bridgehead atoms. The smallest absolute Gasteiger partial charge is 0.0702 e. The predicted molar refractivity (Wildman–Crippen MR) is 77.9 cm³/mol. The van der Waals surface area contributed by atoms with Crippen molar-refractivity contribution < 1.29 is 0 Å². The maximum Gasteiger partial charge on any atom is 0.0702 e. The van der Waals surface area contributed by atoms with E-state index in [9.17, 15) is 0 Å². The molecule has 0 radical (unpaired) electrons. The number of benzene rings is 1. The summed E-state index contributed by atoms with van der Waals surface area (Å²) in [7, 11) is 2.00. The fourth-order valence-corrected chi connectivity index (χ4v) is 3.12. The van der Waals surface area contributed by atoms with E-state index in [0.29, 0.717) is 0 Å². The number of aromatic nitrogens is 2. The molecule has 1 aliphatic rings. The zero-order valence-corrected chi connectivity index (χ0v) is 11.7. The molecule has 2 N–H and O–H groups in total. The Balaban J connectivity index is 2.13. The van der Waals surface area contributed by atoms with Gasteiger partial charge in [0.05, 0.1) is 5.69 Å². The largest absolute Gasteiger partial charge is 0.324 e. The maximum atomic E-state index is 6.17. The van der Waals surface area contributed by atoms with Gasteiger partial charge in [-0.1, -0.05) is 31.5 Å². The van der Waals surface area contributed by atoms with Crippen molar-refractivity contribution in [2.24, 2.45) is 12.8 Å². The van der Waals surface area contributed by atoms with Crippen molar-refractivity contribution in [3.63, 3.8) is 0 Å². The standard InChI is InChI=1S/C16H21N3/c1-3-5-16-14(10-19(2)18-16)11-6-4-7-13-12(11)8-9-15(13)17/h4,6-7,10,15H,3,5,8-9,17H2,1-2H3. The van der Waals surface area contributed by atoms with Crippen LogP contribution in [0.2, 0.25) is 0 Å². The van der Waals surface area contributed by atoms with Crippen molar-refractivity contribution in [2.45, 2.75) is 38.6 Å². The van der Waals surface area contributed by atoms with Gasteiger partial charge in [-0.15, -0.1) is 0 Å². The van der Waals surface area contributed by atoms with Crippen LogP contribution < -0.4 is 5.73 Å². The second-order valence-corrected chi connectivity index (χ2v) is 5.43. The van der Waals surface area contributed by atoms with Crippen LogP contribution in [0.1, 0.15) is 42.6 Å². The Morgan fingerprint density at radius 3 is 3.00 bits per heavy atom. The summed E-state index contributed by atoms with van der Waals surface area (Å²) in [6, 6.07) is 6.72. The van der Waals surface area contributed by atoms with Crippen LogP contribution in [0.4, 0.5) is 0 Å². The molecule has 0 fully saturated rings. The van der Waals surface area contributed by atoms with E-state index in [1.54, 1.807) is 0 Å². The van der Waals surface area contributed by atoms with Crippen LogP contribution in [0.5, 0.6) is 0 Å². The molecule has 2 aromatic rings. The van der Waals surface area contributed by atoms with Crippen molar-refractivity contribution in [3.8, 4) is 11.1 Å². The van der Waals surface area contributed by atoms with E-state index in [0.717, 1.165) is 25.7 Å². The third-order valence-corrected chi connectivity index (χ3v) is 4.00. The monoisotopic (exact) mass is 255 g/mol. The fraction of sp³-hybridized carbons (Fsp3) is 0.438. The zero-order valence-electron chi connectivity index (χ0n) is 11.7. The van der Waals surface area contributed by atoms with E-state index in [-0.39, 0.29) is 6.04 Å². The molecule has 3 rings (SSSR count). The highest BCUT2D eigenvalue weighted by Crippen LogP contribution is 2.37. The van der Waals surface area contributed by atoms with Gasteiger partial charge in [0.15, 0.2) is 0 Å². The molecule has 0 amide bonds. The van der Waals surface area contributed by atoms with Crippen LogP contribution in [-0.4, -0.2) is 9.78 Å². The molecule has 1 heterocycles. The lowest BCUT2D eigenvalue weighted by atomic mass is 9.96. The highest BCUT2D eigenvalue weighted by molar-refractivity contribution is 5.71. The Bertz CT molecular complexity index is 598. The average Bonchev–Trinajstić information content (AvgIpc) is 2.94. The number of nitrogens with zero attached hydrogens (tertiary/aromatic N) is 2. The Kier molecular flexibility index (Phi) is 3.15. The lowest BCUT2D eigenvalue weighted by Gasteiger charge is -2.09. The highest BCUT2D eigenvalue weighted by Gasteiger charge is 2.23. The first-order valence-electron chi connectivity index (χ1n) is 7.11. The summed E-state index contributed by atoms with van der Waals surface area (Å²) in [6.45, 7) is 2.20. The van der Waals surface area contributed by atoms with Gasteiger partial charge in [-0.25, -0.2) is 0 Å². The molecule has 1 atom stereocenters. The molecule has 100 valence electrons. The van der Waals surface area contributed by atoms with E-state index < -0.39 is 0 Å². The Morgan fingerprint density at radius 1 is 1.37 bits per heavy atom. The number of rotatable bonds is 3. The molecule has 1 aromatic carbocycles. The van der Waals surface area contributed by atoms with E-state index in [1.165, 1.54) is 27.9 Å². The molecule has 0 saturated carbocycles. The molecule has 1 aliphatic carbocycles. The Morgan fingerprint density at radius 2 is 2.21 bits per heavy atom. The van der Waals surface area contributed by atoms with Crippen LogP contribution in [0.3, 0.4) is 0 Å². The van der Waals surface area contributed by atoms with E-state index in [1.807, 2.05) is 11.7 Å². The van der Waals surface area contributed by atoms with E-state index >= 15 is 0 Å².